The summed E-state index contributed by atoms with van der Waals surface area (Å²) in [6.45, 7) is 0.801. The molecule has 7 nitrogen and oxygen atoms in total. The molecule has 3 N–H and O–H groups in total. The highest BCUT2D eigenvalue weighted by Crippen LogP contribution is 2.31. The summed E-state index contributed by atoms with van der Waals surface area (Å²) < 4.78 is 31.2. The van der Waals surface area contributed by atoms with Gasteiger partial charge in [-0.25, -0.2) is 13.1 Å². The van der Waals surface area contributed by atoms with Crippen LogP contribution >= 0.6 is 0 Å². The van der Waals surface area contributed by atoms with Gasteiger partial charge < -0.3 is 15.4 Å². The average molecular weight is 327 g/mol. The number of rotatable bonds is 6. The summed E-state index contributed by atoms with van der Waals surface area (Å²) in [5.41, 5.74) is 7.15. The Morgan fingerprint density at radius 3 is 2.82 bits per heavy atom. The molecule has 1 unspecified atom stereocenters. The van der Waals surface area contributed by atoms with Crippen LogP contribution in [0.2, 0.25) is 0 Å². The molecule has 1 aromatic rings. The van der Waals surface area contributed by atoms with Gasteiger partial charge in [0.05, 0.1) is 17.4 Å². The number of methoxy groups -OCH3 is 1. The first kappa shape index (κ1) is 16.9. The van der Waals surface area contributed by atoms with E-state index in [0.717, 1.165) is 5.56 Å². The number of benzene rings is 1. The van der Waals surface area contributed by atoms with Gasteiger partial charge in [0.1, 0.15) is 0 Å². The largest absolute Gasteiger partial charge is 0.380 e. The summed E-state index contributed by atoms with van der Waals surface area (Å²) in [5, 5.41) is 0. The van der Waals surface area contributed by atoms with E-state index in [2.05, 4.69) is 4.72 Å². The van der Waals surface area contributed by atoms with E-state index < -0.39 is 10.0 Å². The summed E-state index contributed by atoms with van der Waals surface area (Å²) in [4.78, 5) is 14.1. The van der Waals surface area contributed by atoms with Crippen LogP contribution in [0.5, 0.6) is 0 Å². The Hall–Kier alpha value is -1.48. The van der Waals surface area contributed by atoms with Crippen molar-refractivity contribution in [2.75, 3.05) is 32.1 Å². The maximum absolute atomic E-state index is 12.4. The van der Waals surface area contributed by atoms with Crippen LogP contribution in [0.1, 0.15) is 12.0 Å². The highest BCUT2D eigenvalue weighted by Gasteiger charge is 2.27. The van der Waals surface area contributed by atoms with E-state index in [9.17, 15) is 13.2 Å². The minimum Gasteiger partial charge on any atom is -0.380 e. The van der Waals surface area contributed by atoms with Gasteiger partial charge in [-0.3, -0.25) is 4.79 Å². The van der Waals surface area contributed by atoms with Crippen molar-refractivity contribution in [2.24, 2.45) is 5.73 Å². The fraction of sp³-hybridized carbons (Fsp3) is 0.500. The molecule has 1 aromatic carbocycles. The van der Waals surface area contributed by atoms with E-state index >= 15 is 0 Å². The van der Waals surface area contributed by atoms with Crippen molar-refractivity contribution in [1.82, 2.24) is 4.72 Å². The third kappa shape index (κ3) is 3.30. The Labute approximate surface area is 130 Å². The van der Waals surface area contributed by atoms with Crippen LogP contribution in [0.3, 0.4) is 0 Å². The fourth-order valence-corrected chi connectivity index (χ4v) is 3.22. The number of carbonyl (C=O) groups excluding carboxylic acids is 1. The highest BCUT2D eigenvalue weighted by atomic mass is 32.2. The highest BCUT2D eigenvalue weighted by molar-refractivity contribution is 7.89. The second kappa shape index (κ2) is 6.74. The summed E-state index contributed by atoms with van der Waals surface area (Å²) >= 11 is 0. The number of nitrogens with one attached hydrogen (secondary N) is 1. The summed E-state index contributed by atoms with van der Waals surface area (Å²) in [5.74, 6) is -0.116. The minimum absolute atomic E-state index is 0.116. The zero-order valence-electron chi connectivity index (χ0n) is 12.7. The normalized spacial score (nSPS) is 15.7. The zero-order chi connectivity index (χ0) is 16.3. The zero-order valence-corrected chi connectivity index (χ0v) is 13.5. The monoisotopic (exact) mass is 327 g/mol. The predicted octanol–water partition coefficient (Wildman–Crippen LogP) is -0.152. The first-order valence-corrected chi connectivity index (χ1v) is 8.51. The van der Waals surface area contributed by atoms with Crippen molar-refractivity contribution in [1.29, 1.82) is 0 Å². The average Bonchev–Trinajstić information content (AvgIpc) is 2.95. The molecule has 8 heteroatoms. The van der Waals surface area contributed by atoms with Gasteiger partial charge in [-0.1, -0.05) is 6.07 Å². The maximum Gasteiger partial charge on any atom is 0.240 e. The second-order valence-corrected chi connectivity index (χ2v) is 6.98. The van der Waals surface area contributed by atoms with Gasteiger partial charge in [0.25, 0.3) is 0 Å². The van der Waals surface area contributed by atoms with Gasteiger partial charge in [-0.05, 0) is 31.2 Å². The quantitative estimate of drug-likeness (QED) is 0.756. The number of hydrogen-bond donors (Lipinski definition) is 2. The molecular weight excluding hydrogens is 306 g/mol. The Kier molecular flexibility index (Phi) is 5.17. The van der Waals surface area contributed by atoms with E-state index in [-0.39, 0.29) is 29.9 Å². The topological polar surface area (TPSA) is 102 Å². The van der Waals surface area contributed by atoms with Gasteiger partial charge in [0.15, 0.2) is 0 Å². The number of fused-ring (bicyclic) bond motifs is 1. The van der Waals surface area contributed by atoms with Gasteiger partial charge >= 0.3 is 0 Å². The third-order valence-electron chi connectivity index (χ3n) is 3.83. The lowest BCUT2D eigenvalue weighted by molar-refractivity contribution is -0.120. The first-order chi connectivity index (χ1) is 10.4. The van der Waals surface area contributed by atoms with Crippen molar-refractivity contribution in [3.05, 3.63) is 23.8 Å². The smallest absolute Gasteiger partial charge is 0.240 e. The summed E-state index contributed by atoms with van der Waals surface area (Å²) in [6, 6.07) is 4.84. The lowest BCUT2D eigenvalue weighted by Crippen LogP contribution is -2.35. The SMILES string of the molecule is CNS(=O)(=O)c1ccc2c(c1)N(C(=O)CC(CN)OC)CC2. The van der Waals surface area contributed by atoms with Gasteiger partial charge in [-0.2, -0.15) is 0 Å². The summed E-state index contributed by atoms with van der Waals surface area (Å²) in [7, 11) is -0.663. The Bertz CT molecular complexity index is 656. The number of sulfonamides is 1. The molecule has 1 aliphatic rings. The number of nitrogens with zero attached hydrogens (tertiary/aromatic N) is 1. The Morgan fingerprint density at radius 2 is 2.23 bits per heavy atom. The van der Waals surface area contributed by atoms with Crippen LogP contribution < -0.4 is 15.4 Å². The molecule has 0 aliphatic carbocycles. The maximum atomic E-state index is 12.4. The van der Waals surface area contributed by atoms with Crippen LogP contribution in [0.25, 0.3) is 0 Å². The standard InChI is InChI=1S/C14H21N3O4S/c1-16-22(19,20)12-4-3-10-5-6-17(13(10)8-12)14(18)7-11(9-15)21-2/h3-4,8,11,16H,5-7,9,15H2,1-2H3. The minimum atomic E-state index is -3.53. The van der Waals surface area contributed by atoms with Gasteiger partial charge in [0.2, 0.25) is 15.9 Å². The van der Waals surface area contributed by atoms with Crippen molar-refractivity contribution >= 4 is 21.6 Å². The molecule has 0 radical (unpaired) electrons. The lowest BCUT2D eigenvalue weighted by atomic mass is 10.1. The Morgan fingerprint density at radius 1 is 1.50 bits per heavy atom. The molecule has 0 aromatic heterocycles. The molecule has 0 fully saturated rings. The number of amides is 1. The first-order valence-electron chi connectivity index (χ1n) is 7.02. The lowest BCUT2D eigenvalue weighted by Gasteiger charge is -2.20. The molecule has 1 heterocycles. The molecule has 1 amide bonds. The molecule has 122 valence electrons. The molecule has 0 saturated carbocycles. The van der Waals surface area contributed by atoms with E-state index in [1.165, 1.54) is 20.2 Å². The van der Waals surface area contributed by atoms with E-state index in [0.29, 0.717) is 18.7 Å². The predicted molar refractivity (Wildman–Crippen MR) is 83.2 cm³/mol. The van der Waals surface area contributed by atoms with Crippen LogP contribution in [0, 0.1) is 0 Å². The van der Waals surface area contributed by atoms with Gasteiger partial charge in [-0.15, -0.1) is 0 Å². The number of carbonyl (C=O) groups is 1. The van der Waals surface area contributed by atoms with Crippen LogP contribution in [-0.2, 0) is 26.0 Å². The Balaban J connectivity index is 2.27. The third-order valence-corrected chi connectivity index (χ3v) is 5.24. The summed E-state index contributed by atoms with van der Waals surface area (Å²) in [6.07, 6.45) is 0.553. The van der Waals surface area contributed by atoms with Crippen LogP contribution in [0.4, 0.5) is 5.69 Å². The van der Waals surface area contributed by atoms with Crippen LogP contribution in [-0.4, -0.2) is 47.7 Å². The molecule has 22 heavy (non-hydrogen) atoms. The molecular formula is C14H21N3O4S. The number of nitrogens with two attached hydrogens (primary N) is 1. The van der Waals surface area contributed by atoms with Crippen LogP contribution in [0.15, 0.2) is 23.1 Å². The molecule has 1 aliphatic heterocycles. The van der Waals surface area contributed by atoms with E-state index in [1.54, 1.807) is 17.0 Å². The second-order valence-electron chi connectivity index (χ2n) is 5.09. The number of ether oxygens (including phenoxy) is 1. The van der Waals surface area contributed by atoms with Crippen molar-refractivity contribution in [2.45, 2.75) is 23.8 Å². The molecule has 1 atom stereocenters. The van der Waals surface area contributed by atoms with Gasteiger partial charge in [0, 0.05) is 25.9 Å². The van der Waals surface area contributed by atoms with Crippen molar-refractivity contribution in [3.63, 3.8) is 0 Å². The molecule has 2 rings (SSSR count). The number of anilines is 1. The molecule has 0 bridgehead atoms. The molecule has 0 spiro atoms. The molecule has 0 saturated heterocycles. The van der Waals surface area contributed by atoms with E-state index in [1.807, 2.05) is 0 Å². The number of hydrogen-bond acceptors (Lipinski definition) is 5. The fourth-order valence-electron chi connectivity index (χ4n) is 2.47. The van der Waals surface area contributed by atoms with E-state index in [4.69, 9.17) is 10.5 Å². The van der Waals surface area contributed by atoms with Crippen molar-refractivity contribution in [3.8, 4) is 0 Å². The van der Waals surface area contributed by atoms with Crippen molar-refractivity contribution < 1.29 is 17.9 Å².